The minimum Gasteiger partial charge on any atom is -0.489 e. The van der Waals surface area contributed by atoms with Crippen LogP contribution in [0.25, 0.3) is 0 Å². The van der Waals surface area contributed by atoms with Crippen LogP contribution in [0.1, 0.15) is 61.8 Å². The smallest absolute Gasteiger partial charge is 0.338 e. The van der Waals surface area contributed by atoms with Gasteiger partial charge in [0.25, 0.3) is 0 Å². The largest absolute Gasteiger partial charge is 0.489 e. The van der Waals surface area contributed by atoms with Crippen molar-refractivity contribution < 1.29 is 14.3 Å². The molecule has 176 valence electrons. The van der Waals surface area contributed by atoms with Gasteiger partial charge < -0.3 is 14.8 Å². The second-order valence-electron chi connectivity index (χ2n) is 8.96. The summed E-state index contributed by atoms with van der Waals surface area (Å²) < 4.78 is 13.6. The summed E-state index contributed by atoms with van der Waals surface area (Å²) in [6, 6.07) is 15.4. The van der Waals surface area contributed by atoms with Gasteiger partial charge in [0.05, 0.1) is 5.57 Å². The Labute approximate surface area is 199 Å². The molecule has 1 saturated carbocycles. The predicted octanol–water partition coefficient (Wildman–Crippen LogP) is 4.73. The molecule has 1 atom stereocenters. The van der Waals surface area contributed by atoms with Gasteiger partial charge in [-0.25, -0.2) is 4.79 Å². The summed E-state index contributed by atoms with van der Waals surface area (Å²) in [5.74, 6) is 0.935. The minimum atomic E-state index is -0.479. The third kappa shape index (κ3) is 4.53. The molecule has 2 heterocycles. The lowest BCUT2D eigenvalue weighted by Gasteiger charge is -2.29. The number of allylic oxidation sites excluding steroid dienone is 1. The highest BCUT2D eigenvalue weighted by molar-refractivity contribution is 5.92. The highest BCUT2D eigenvalue weighted by Gasteiger charge is 2.36. The van der Waals surface area contributed by atoms with Crippen LogP contribution in [0.2, 0.25) is 0 Å². The van der Waals surface area contributed by atoms with Crippen molar-refractivity contribution in [3.8, 4) is 5.75 Å². The molecule has 2 aliphatic rings. The Bertz CT molecular complexity index is 1200. The average Bonchev–Trinajstić information content (AvgIpc) is 3.32. The van der Waals surface area contributed by atoms with E-state index in [1.165, 1.54) is 12.0 Å². The fourth-order valence-corrected chi connectivity index (χ4v) is 4.66. The van der Waals surface area contributed by atoms with E-state index in [0.717, 1.165) is 42.6 Å². The van der Waals surface area contributed by atoms with Crippen LogP contribution in [-0.4, -0.2) is 32.3 Å². The number of hydrogen-bond donors (Lipinski definition) is 1. The number of anilines is 1. The molecule has 8 nitrogen and oxygen atoms in total. The summed E-state index contributed by atoms with van der Waals surface area (Å²) in [4.78, 5) is 13.3. The molecule has 0 amide bonds. The number of benzene rings is 2. The van der Waals surface area contributed by atoms with Gasteiger partial charge in [0.2, 0.25) is 5.95 Å². The third-order valence-corrected chi connectivity index (χ3v) is 6.61. The van der Waals surface area contributed by atoms with Crippen LogP contribution in [0, 0.1) is 6.92 Å². The molecule has 1 aliphatic heterocycles. The van der Waals surface area contributed by atoms with Gasteiger partial charge in [-0.15, -0.1) is 0 Å². The number of carbonyl (C=O) groups excluding carboxylic acids is 1. The number of aryl methyl sites for hydroxylation is 1. The van der Waals surface area contributed by atoms with Gasteiger partial charge in [-0.2, -0.15) is 4.68 Å². The first-order chi connectivity index (χ1) is 16.6. The number of rotatable bonds is 6. The maximum atomic E-state index is 13.3. The quantitative estimate of drug-likeness (QED) is 0.533. The topological polar surface area (TPSA) is 91.2 Å². The molecule has 3 aromatic rings. The third-order valence-electron chi connectivity index (χ3n) is 6.61. The van der Waals surface area contributed by atoms with E-state index in [9.17, 15) is 4.79 Å². The number of nitrogens with zero attached hydrogens (tertiary/aromatic N) is 4. The van der Waals surface area contributed by atoms with E-state index < -0.39 is 6.04 Å². The van der Waals surface area contributed by atoms with Crippen LogP contribution >= 0.6 is 0 Å². The van der Waals surface area contributed by atoms with E-state index in [-0.39, 0.29) is 12.1 Å². The SMILES string of the molecule is CC1=C(C(=O)OC2CCCCC2)C(c2ccc(OCc3ccccc3C)cc2)n2nnnc2N1. The number of tetrazole rings is 1. The van der Waals surface area contributed by atoms with Crippen molar-refractivity contribution in [1.29, 1.82) is 0 Å². The van der Waals surface area contributed by atoms with Gasteiger partial charge in [-0.1, -0.05) is 47.9 Å². The Hall–Kier alpha value is -3.68. The Morgan fingerprint density at radius 1 is 1.06 bits per heavy atom. The van der Waals surface area contributed by atoms with Crippen molar-refractivity contribution >= 4 is 11.9 Å². The van der Waals surface area contributed by atoms with Gasteiger partial charge in [0, 0.05) is 5.70 Å². The number of carbonyl (C=O) groups is 1. The lowest BCUT2D eigenvalue weighted by Crippen LogP contribution is -2.32. The van der Waals surface area contributed by atoms with Crippen molar-refractivity contribution in [2.75, 3.05) is 5.32 Å². The van der Waals surface area contributed by atoms with Crippen molar-refractivity contribution in [2.24, 2.45) is 0 Å². The lowest BCUT2D eigenvalue weighted by molar-refractivity contribution is -0.146. The van der Waals surface area contributed by atoms with Gasteiger partial charge >= 0.3 is 5.97 Å². The van der Waals surface area contributed by atoms with Crippen LogP contribution < -0.4 is 10.1 Å². The zero-order chi connectivity index (χ0) is 23.5. The molecule has 0 spiro atoms. The number of fused-ring (bicyclic) bond motifs is 1. The molecule has 1 N–H and O–H groups in total. The van der Waals surface area contributed by atoms with E-state index >= 15 is 0 Å². The van der Waals surface area contributed by atoms with Gasteiger partial charge in [-0.05, 0) is 78.8 Å². The maximum absolute atomic E-state index is 13.3. The fourth-order valence-electron chi connectivity index (χ4n) is 4.66. The molecular weight excluding hydrogens is 430 g/mol. The van der Waals surface area contributed by atoms with Crippen LogP contribution in [0.4, 0.5) is 5.95 Å². The first-order valence-corrected chi connectivity index (χ1v) is 11.8. The monoisotopic (exact) mass is 459 g/mol. The normalized spacial score (nSPS) is 18.2. The predicted molar refractivity (Wildman–Crippen MR) is 127 cm³/mol. The molecule has 1 unspecified atom stereocenters. The number of esters is 1. The van der Waals surface area contributed by atoms with E-state index in [1.807, 2.05) is 43.3 Å². The zero-order valence-electron chi connectivity index (χ0n) is 19.5. The van der Waals surface area contributed by atoms with Gasteiger partial charge in [0.1, 0.15) is 24.5 Å². The summed E-state index contributed by atoms with van der Waals surface area (Å²) in [6.07, 6.45) is 5.19. The summed E-state index contributed by atoms with van der Waals surface area (Å²) in [5, 5.41) is 15.2. The summed E-state index contributed by atoms with van der Waals surface area (Å²) in [6.45, 7) is 4.43. The highest BCUT2D eigenvalue weighted by Crippen LogP contribution is 2.36. The zero-order valence-corrected chi connectivity index (χ0v) is 19.5. The summed E-state index contributed by atoms with van der Waals surface area (Å²) in [7, 11) is 0. The van der Waals surface area contributed by atoms with Crippen LogP contribution in [0.5, 0.6) is 5.75 Å². The molecule has 1 fully saturated rings. The number of nitrogens with one attached hydrogen (secondary N) is 1. The van der Waals surface area contributed by atoms with E-state index in [0.29, 0.717) is 23.8 Å². The van der Waals surface area contributed by atoms with Gasteiger partial charge in [-0.3, -0.25) is 0 Å². The first-order valence-electron chi connectivity index (χ1n) is 11.8. The molecule has 0 saturated heterocycles. The fraction of sp³-hybridized carbons (Fsp3) is 0.385. The number of ether oxygens (including phenoxy) is 2. The molecule has 2 aromatic carbocycles. The first kappa shape index (κ1) is 22.1. The second-order valence-corrected chi connectivity index (χ2v) is 8.96. The van der Waals surface area contributed by atoms with Gasteiger partial charge in [0.15, 0.2) is 0 Å². The van der Waals surface area contributed by atoms with E-state index in [2.05, 4.69) is 39.9 Å². The van der Waals surface area contributed by atoms with Crippen LogP contribution in [0.15, 0.2) is 59.8 Å². The van der Waals surface area contributed by atoms with Crippen molar-refractivity contribution in [2.45, 2.75) is 64.7 Å². The van der Waals surface area contributed by atoms with Crippen molar-refractivity contribution in [1.82, 2.24) is 20.2 Å². The molecule has 0 bridgehead atoms. The molecule has 5 rings (SSSR count). The van der Waals surface area contributed by atoms with Crippen LogP contribution in [-0.2, 0) is 16.1 Å². The average molecular weight is 460 g/mol. The summed E-state index contributed by atoms with van der Waals surface area (Å²) >= 11 is 0. The molecule has 0 radical (unpaired) electrons. The maximum Gasteiger partial charge on any atom is 0.338 e. The minimum absolute atomic E-state index is 0.0327. The standard InChI is InChI=1S/C26H29N5O3/c1-17-8-6-7-9-20(17)16-33-21-14-12-19(13-15-21)24-23(18(2)27-26-28-29-30-31(24)26)25(32)34-22-10-4-3-5-11-22/h6-9,12-15,22,24H,3-5,10-11,16H2,1-2H3,(H,27,28,30). The Morgan fingerprint density at radius 2 is 1.82 bits per heavy atom. The molecule has 34 heavy (non-hydrogen) atoms. The molecule has 1 aromatic heterocycles. The van der Waals surface area contributed by atoms with E-state index in [1.54, 1.807) is 4.68 Å². The highest BCUT2D eigenvalue weighted by atomic mass is 16.5. The second kappa shape index (κ2) is 9.67. The van der Waals surface area contributed by atoms with Crippen molar-refractivity contribution in [3.05, 3.63) is 76.5 Å². The van der Waals surface area contributed by atoms with Crippen molar-refractivity contribution in [3.63, 3.8) is 0 Å². The lowest BCUT2D eigenvalue weighted by atomic mass is 9.95. The summed E-state index contributed by atoms with van der Waals surface area (Å²) in [5.41, 5.74) is 4.46. The Morgan fingerprint density at radius 3 is 2.59 bits per heavy atom. The van der Waals surface area contributed by atoms with Crippen LogP contribution in [0.3, 0.4) is 0 Å². The number of hydrogen-bond acceptors (Lipinski definition) is 7. The Balaban J connectivity index is 1.38. The molecule has 8 heteroatoms. The number of aromatic nitrogens is 4. The van der Waals surface area contributed by atoms with E-state index in [4.69, 9.17) is 9.47 Å². The molecule has 1 aliphatic carbocycles. The Kier molecular flexibility index (Phi) is 6.29. The molecular formula is C26H29N5O3.